The summed E-state index contributed by atoms with van der Waals surface area (Å²) >= 11 is 6.09. The van der Waals surface area contributed by atoms with Gasteiger partial charge in [0.05, 0.1) is 5.02 Å². The van der Waals surface area contributed by atoms with E-state index in [1.54, 1.807) is 0 Å². The number of pyridine rings is 1. The van der Waals surface area contributed by atoms with Crippen LogP contribution in [0.3, 0.4) is 0 Å². The average Bonchev–Trinajstić information content (AvgIpc) is 2.82. The zero-order valence-corrected chi connectivity index (χ0v) is 14.0. The molecule has 1 aliphatic rings. The van der Waals surface area contributed by atoms with Crippen LogP contribution in [-0.2, 0) is 10.0 Å². The van der Waals surface area contributed by atoms with Crippen LogP contribution in [0.5, 0.6) is 0 Å². The van der Waals surface area contributed by atoms with Crippen LogP contribution in [0.1, 0.15) is 39.5 Å². The van der Waals surface area contributed by atoms with E-state index in [0.29, 0.717) is 16.8 Å². The molecule has 0 aromatic carbocycles. The molecule has 0 aliphatic heterocycles. The smallest absolute Gasteiger partial charge is 0.242 e. The number of rotatable bonds is 6. The van der Waals surface area contributed by atoms with E-state index in [4.69, 9.17) is 11.6 Å². The Morgan fingerprint density at radius 1 is 1.43 bits per heavy atom. The van der Waals surface area contributed by atoms with Crippen LogP contribution in [-0.4, -0.2) is 26.0 Å². The first kappa shape index (κ1) is 16.5. The van der Waals surface area contributed by atoms with Gasteiger partial charge < -0.3 is 5.32 Å². The van der Waals surface area contributed by atoms with E-state index >= 15 is 0 Å². The molecular weight excluding hydrogens is 310 g/mol. The number of nitrogens with zero attached hydrogens (tertiary/aromatic N) is 1. The Balaban J connectivity index is 2.11. The highest BCUT2D eigenvalue weighted by Gasteiger charge is 2.27. The maximum Gasteiger partial charge on any atom is 0.242 e. The minimum Gasteiger partial charge on any atom is -0.369 e. The van der Waals surface area contributed by atoms with Gasteiger partial charge in [-0.25, -0.2) is 18.1 Å². The topological polar surface area (TPSA) is 71.1 Å². The molecule has 0 bridgehead atoms. The Kier molecular flexibility index (Phi) is 5.46. The third-order valence-corrected chi connectivity index (χ3v) is 5.46. The fraction of sp³-hybridized carbons (Fsp3) is 0.643. The van der Waals surface area contributed by atoms with Crippen LogP contribution in [0, 0.1) is 5.92 Å². The van der Waals surface area contributed by atoms with Crippen molar-refractivity contribution in [1.82, 2.24) is 9.71 Å². The monoisotopic (exact) mass is 331 g/mol. The van der Waals surface area contributed by atoms with Gasteiger partial charge in [0.15, 0.2) is 0 Å². The van der Waals surface area contributed by atoms with Gasteiger partial charge in [0, 0.05) is 18.8 Å². The fourth-order valence-corrected chi connectivity index (χ4v) is 4.09. The maximum atomic E-state index is 12.3. The maximum absolute atomic E-state index is 12.3. The first-order chi connectivity index (χ1) is 9.92. The summed E-state index contributed by atoms with van der Waals surface area (Å²) in [7, 11) is -3.55. The quantitative estimate of drug-likeness (QED) is 0.840. The molecule has 0 saturated heterocycles. The Morgan fingerprint density at radius 3 is 2.76 bits per heavy atom. The van der Waals surface area contributed by atoms with E-state index in [-0.39, 0.29) is 10.9 Å². The molecule has 1 heterocycles. The summed E-state index contributed by atoms with van der Waals surface area (Å²) in [5, 5.41) is 3.39. The van der Waals surface area contributed by atoms with Crippen LogP contribution >= 0.6 is 11.6 Å². The third kappa shape index (κ3) is 4.31. The minimum absolute atomic E-state index is 0.0154. The lowest BCUT2D eigenvalue weighted by Gasteiger charge is -2.14. The molecule has 0 amide bonds. The van der Waals surface area contributed by atoms with Crippen LogP contribution < -0.4 is 10.0 Å². The average molecular weight is 332 g/mol. The van der Waals surface area contributed by atoms with Crippen molar-refractivity contribution in [1.29, 1.82) is 0 Å². The Morgan fingerprint density at radius 2 is 2.19 bits per heavy atom. The second-order valence-electron chi connectivity index (χ2n) is 5.66. The van der Waals surface area contributed by atoms with E-state index in [0.717, 1.165) is 32.2 Å². The largest absolute Gasteiger partial charge is 0.369 e. The molecule has 21 heavy (non-hydrogen) atoms. The van der Waals surface area contributed by atoms with Crippen molar-refractivity contribution < 1.29 is 8.42 Å². The zero-order chi connectivity index (χ0) is 15.5. The van der Waals surface area contributed by atoms with Gasteiger partial charge in [0.25, 0.3) is 0 Å². The summed E-state index contributed by atoms with van der Waals surface area (Å²) in [6.45, 7) is 4.92. The van der Waals surface area contributed by atoms with Crippen molar-refractivity contribution in [3.63, 3.8) is 0 Å². The van der Waals surface area contributed by atoms with Gasteiger partial charge in [0.1, 0.15) is 10.7 Å². The highest BCUT2D eigenvalue weighted by Crippen LogP contribution is 2.27. The highest BCUT2D eigenvalue weighted by molar-refractivity contribution is 7.89. The predicted octanol–water partition coefficient (Wildman–Crippen LogP) is 3.02. The SMILES string of the molecule is CCCNc1ncc(S(=O)(=O)NC2CCC(C)C2)cc1Cl. The number of hydrogen-bond acceptors (Lipinski definition) is 4. The number of nitrogens with one attached hydrogen (secondary N) is 2. The van der Waals surface area contributed by atoms with Gasteiger partial charge in [0.2, 0.25) is 10.0 Å². The third-order valence-electron chi connectivity index (χ3n) is 3.69. The number of halogens is 1. The molecule has 7 heteroatoms. The Bertz CT molecular complexity index is 592. The number of anilines is 1. The van der Waals surface area contributed by atoms with Crippen molar-refractivity contribution in [2.75, 3.05) is 11.9 Å². The van der Waals surface area contributed by atoms with E-state index in [2.05, 4.69) is 21.9 Å². The van der Waals surface area contributed by atoms with Crippen LogP contribution in [0.15, 0.2) is 17.2 Å². The Hall–Kier alpha value is -0.850. The summed E-state index contributed by atoms with van der Waals surface area (Å²) < 4.78 is 27.4. The first-order valence-corrected chi connectivity index (χ1v) is 9.20. The van der Waals surface area contributed by atoms with Gasteiger partial charge >= 0.3 is 0 Å². The molecule has 2 unspecified atom stereocenters. The predicted molar refractivity (Wildman–Crippen MR) is 85.2 cm³/mol. The lowest BCUT2D eigenvalue weighted by molar-refractivity contribution is 0.538. The number of aromatic nitrogens is 1. The molecule has 0 radical (unpaired) electrons. The molecule has 1 aromatic rings. The molecule has 1 fully saturated rings. The molecular formula is C14H22ClN3O2S. The van der Waals surface area contributed by atoms with Crippen molar-refractivity contribution in [2.45, 2.75) is 50.5 Å². The highest BCUT2D eigenvalue weighted by atomic mass is 35.5. The van der Waals surface area contributed by atoms with E-state index in [1.807, 2.05) is 6.92 Å². The fourth-order valence-electron chi connectivity index (χ4n) is 2.54. The molecule has 2 N–H and O–H groups in total. The second-order valence-corrected chi connectivity index (χ2v) is 7.79. The summed E-state index contributed by atoms with van der Waals surface area (Å²) in [4.78, 5) is 4.23. The van der Waals surface area contributed by atoms with Crippen molar-refractivity contribution in [3.05, 3.63) is 17.3 Å². The first-order valence-electron chi connectivity index (χ1n) is 7.34. The zero-order valence-electron chi connectivity index (χ0n) is 12.4. The van der Waals surface area contributed by atoms with Crippen LogP contribution in [0.4, 0.5) is 5.82 Å². The molecule has 0 spiro atoms. The normalized spacial score (nSPS) is 22.4. The molecule has 1 saturated carbocycles. The van der Waals surface area contributed by atoms with Gasteiger partial charge in [-0.15, -0.1) is 0 Å². The van der Waals surface area contributed by atoms with Gasteiger partial charge in [-0.1, -0.05) is 25.4 Å². The summed E-state index contributed by atoms with van der Waals surface area (Å²) in [6.07, 6.45) is 5.13. The summed E-state index contributed by atoms with van der Waals surface area (Å²) in [5.74, 6) is 1.09. The second kappa shape index (κ2) is 6.94. The molecule has 1 aromatic heterocycles. The van der Waals surface area contributed by atoms with Crippen LogP contribution in [0.2, 0.25) is 5.02 Å². The van der Waals surface area contributed by atoms with E-state index in [9.17, 15) is 8.42 Å². The van der Waals surface area contributed by atoms with E-state index < -0.39 is 10.0 Å². The number of hydrogen-bond donors (Lipinski definition) is 2. The number of sulfonamides is 1. The van der Waals surface area contributed by atoms with Crippen molar-refractivity contribution >= 4 is 27.4 Å². The molecule has 2 rings (SSSR count). The minimum atomic E-state index is -3.55. The Labute approximate surface area is 131 Å². The lowest BCUT2D eigenvalue weighted by Crippen LogP contribution is -2.33. The lowest BCUT2D eigenvalue weighted by atomic mass is 10.1. The van der Waals surface area contributed by atoms with Crippen molar-refractivity contribution in [3.8, 4) is 0 Å². The van der Waals surface area contributed by atoms with E-state index in [1.165, 1.54) is 12.3 Å². The standard InChI is InChI=1S/C14H22ClN3O2S/c1-3-6-16-14-13(15)8-12(9-17-14)21(19,20)18-11-5-4-10(2)7-11/h8-11,18H,3-7H2,1-2H3,(H,16,17). The van der Waals surface area contributed by atoms with Crippen molar-refractivity contribution in [2.24, 2.45) is 5.92 Å². The van der Waals surface area contributed by atoms with Gasteiger partial charge in [-0.05, 0) is 37.7 Å². The van der Waals surface area contributed by atoms with Gasteiger partial charge in [-0.2, -0.15) is 0 Å². The summed E-state index contributed by atoms with van der Waals surface area (Å²) in [6, 6.07) is 1.47. The molecule has 5 nitrogen and oxygen atoms in total. The molecule has 1 aliphatic carbocycles. The molecule has 2 atom stereocenters. The van der Waals surface area contributed by atoms with Crippen LogP contribution in [0.25, 0.3) is 0 Å². The van der Waals surface area contributed by atoms with Gasteiger partial charge in [-0.3, -0.25) is 0 Å². The summed E-state index contributed by atoms with van der Waals surface area (Å²) in [5.41, 5.74) is 0. The molecule has 118 valence electrons.